The Labute approximate surface area is 166 Å². The summed E-state index contributed by atoms with van der Waals surface area (Å²) in [6.45, 7) is 8.78. The van der Waals surface area contributed by atoms with Gasteiger partial charge in [-0.1, -0.05) is 19.9 Å². The fourth-order valence-corrected chi connectivity index (χ4v) is 2.40. The Bertz CT molecular complexity index is 786. The minimum atomic E-state index is -0.173. The molecule has 0 aliphatic rings. The zero-order chi connectivity index (χ0) is 20.5. The van der Waals surface area contributed by atoms with Crippen molar-refractivity contribution in [3.8, 4) is 5.75 Å². The fraction of sp³-hybridized carbons (Fsp3) is 0.364. The molecular formula is C22H29N3O3. The predicted molar refractivity (Wildman–Crippen MR) is 113 cm³/mol. The van der Waals surface area contributed by atoms with E-state index in [0.29, 0.717) is 23.8 Å². The van der Waals surface area contributed by atoms with Crippen LogP contribution in [-0.4, -0.2) is 31.0 Å². The minimum Gasteiger partial charge on any atom is -0.493 e. The molecule has 0 heterocycles. The number of rotatable bonds is 9. The molecule has 6 heteroatoms. The van der Waals surface area contributed by atoms with Crippen LogP contribution in [0, 0.1) is 5.92 Å². The summed E-state index contributed by atoms with van der Waals surface area (Å²) < 4.78 is 5.69. The van der Waals surface area contributed by atoms with E-state index in [1.54, 1.807) is 24.3 Å². The van der Waals surface area contributed by atoms with Crippen molar-refractivity contribution in [1.82, 2.24) is 5.32 Å². The van der Waals surface area contributed by atoms with Crippen LogP contribution in [0.3, 0.4) is 0 Å². The second kappa shape index (κ2) is 10.3. The third-order valence-corrected chi connectivity index (χ3v) is 3.72. The molecule has 2 aromatic carbocycles. The van der Waals surface area contributed by atoms with E-state index < -0.39 is 0 Å². The molecule has 2 amide bonds. The smallest absolute Gasteiger partial charge is 0.251 e. The molecule has 0 fully saturated rings. The number of ether oxygens (including phenoxy) is 1. The van der Waals surface area contributed by atoms with Crippen LogP contribution in [0.1, 0.15) is 38.1 Å². The summed E-state index contributed by atoms with van der Waals surface area (Å²) in [4.78, 5) is 24.1. The third-order valence-electron chi connectivity index (χ3n) is 3.72. The van der Waals surface area contributed by atoms with Crippen LogP contribution in [0.2, 0.25) is 0 Å². The molecule has 3 N–H and O–H groups in total. The van der Waals surface area contributed by atoms with Gasteiger partial charge in [-0.3, -0.25) is 9.59 Å². The van der Waals surface area contributed by atoms with Gasteiger partial charge in [0, 0.05) is 29.0 Å². The first-order valence-corrected chi connectivity index (χ1v) is 9.51. The van der Waals surface area contributed by atoms with Crippen molar-refractivity contribution in [2.75, 3.05) is 23.8 Å². The Morgan fingerprint density at radius 1 is 0.964 bits per heavy atom. The van der Waals surface area contributed by atoms with Crippen molar-refractivity contribution in [1.29, 1.82) is 0 Å². The molecule has 0 bridgehead atoms. The maximum atomic E-state index is 12.2. The Kier molecular flexibility index (Phi) is 7.87. The van der Waals surface area contributed by atoms with Gasteiger partial charge in [0.15, 0.2) is 0 Å². The number of nitrogens with one attached hydrogen (secondary N) is 3. The van der Waals surface area contributed by atoms with Crippen LogP contribution in [0.25, 0.3) is 0 Å². The van der Waals surface area contributed by atoms with Gasteiger partial charge in [-0.25, -0.2) is 0 Å². The van der Waals surface area contributed by atoms with E-state index in [1.807, 2.05) is 38.1 Å². The molecule has 0 atom stereocenters. The highest BCUT2D eigenvalue weighted by molar-refractivity contribution is 5.96. The van der Waals surface area contributed by atoms with E-state index in [0.717, 1.165) is 11.4 Å². The van der Waals surface area contributed by atoms with Crippen LogP contribution in [-0.2, 0) is 4.79 Å². The van der Waals surface area contributed by atoms with Crippen molar-refractivity contribution >= 4 is 23.2 Å². The zero-order valence-electron chi connectivity index (χ0n) is 16.9. The maximum absolute atomic E-state index is 12.2. The number of anilines is 2. The number of carbonyl (C=O) groups excluding carboxylic acids is 2. The highest BCUT2D eigenvalue weighted by Gasteiger charge is 2.08. The molecular weight excluding hydrogens is 354 g/mol. The zero-order valence-corrected chi connectivity index (χ0v) is 16.9. The van der Waals surface area contributed by atoms with Gasteiger partial charge in [0.1, 0.15) is 5.75 Å². The Morgan fingerprint density at radius 3 is 2.32 bits per heavy atom. The first-order chi connectivity index (χ1) is 13.3. The van der Waals surface area contributed by atoms with E-state index in [1.165, 1.54) is 0 Å². The van der Waals surface area contributed by atoms with Crippen LogP contribution < -0.4 is 20.7 Å². The lowest BCUT2D eigenvalue weighted by Gasteiger charge is -2.12. The lowest BCUT2D eigenvalue weighted by Crippen LogP contribution is -2.30. The summed E-state index contributed by atoms with van der Waals surface area (Å²) in [7, 11) is 0. The van der Waals surface area contributed by atoms with Gasteiger partial charge in [-0.15, -0.1) is 0 Å². The number of hydrogen-bond acceptors (Lipinski definition) is 4. The SMILES string of the molecule is CC(C)COc1cccc(NCC(=O)Nc2ccc(C(=O)NC(C)C)cc2)c1. The normalized spacial score (nSPS) is 10.6. The molecule has 0 radical (unpaired) electrons. The average Bonchev–Trinajstić information content (AvgIpc) is 2.65. The Hall–Kier alpha value is -3.02. The number of carbonyl (C=O) groups is 2. The molecule has 0 aromatic heterocycles. The molecule has 28 heavy (non-hydrogen) atoms. The van der Waals surface area contributed by atoms with Crippen LogP contribution in [0.15, 0.2) is 48.5 Å². The summed E-state index contributed by atoms with van der Waals surface area (Å²) >= 11 is 0. The summed E-state index contributed by atoms with van der Waals surface area (Å²) in [6, 6.07) is 14.4. The molecule has 0 aliphatic carbocycles. The van der Waals surface area contributed by atoms with Gasteiger partial charge < -0.3 is 20.7 Å². The van der Waals surface area contributed by atoms with Crippen LogP contribution >= 0.6 is 0 Å². The van der Waals surface area contributed by atoms with Gasteiger partial charge in [0.25, 0.3) is 5.91 Å². The number of benzene rings is 2. The molecule has 6 nitrogen and oxygen atoms in total. The van der Waals surface area contributed by atoms with Crippen molar-refractivity contribution in [2.45, 2.75) is 33.7 Å². The summed E-state index contributed by atoms with van der Waals surface area (Å²) in [6.07, 6.45) is 0. The molecule has 0 aliphatic heterocycles. The summed E-state index contributed by atoms with van der Waals surface area (Å²) in [5.74, 6) is 0.918. The van der Waals surface area contributed by atoms with E-state index in [-0.39, 0.29) is 24.4 Å². The predicted octanol–water partition coefficient (Wildman–Crippen LogP) is 3.91. The lowest BCUT2D eigenvalue weighted by molar-refractivity contribution is -0.114. The largest absolute Gasteiger partial charge is 0.493 e. The van der Waals surface area contributed by atoms with Crippen LogP contribution in [0.4, 0.5) is 11.4 Å². The molecule has 0 unspecified atom stereocenters. The molecule has 150 valence electrons. The van der Waals surface area contributed by atoms with E-state index in [9.17, 15) is 9.59 Å². The van der Waals surface area contributed by atoms with E-state index in [2.05, 4.69) is 29.8 Å². The van der Waals surface area contributed by atoms with Gasteiger partial charge in [0.05, 0.1) is 13.2 Å². The first kappa shape index (κ1) is 21.3. The average molecular weight is 383 g/mol. The molecule has 2 rings (SSSR count). The number of amides is 2. The quantitative estimate of drug-likeness (QED) is 0.613. The van der Waals surface area contributed by atoms with E-state index in [4.69, 9.17) is 4.74 Å². The highest BCUT2D eigenvalue weighted by atomic mass is 16.5. The molecule has 2 aromatic rings. The second-order valence-corrected chi connectivity index (χ2v) is 7.34. The highest BCUT2D eigenvalue weighted by Crippen LogP contribution is 2.18. The van der Waals surface area contributed by atoms with E-state index >= 15 is 0 Å². The maximum Gasteiger partial charge on any atom is 0.251 e. The molecule has 0 spiro atoms. The van der Waals surface area contributed by atoms with Crippen molar-refractivity contribution in [3.05, 3.63) is 54.1 Å². The molecule has 0 saturated heterocycles. The Balaban J connectivity index is 1.84. The Morgan fingerprint density at radius 2 is 1.68 bits per heavy atom. The number of hydrogen-bond donors (Lipinski definition) is 3. The standard InChI is InChI=1S/C22H29N3O3/c1-15(2)14-28-20-7-5-6-19(12-20)23-13-21(26)25-18-10-8-17(9-11-18)22(27)24-16(3)4/h5-12,15-16,23H,13-14H2,1-4H3,(H,24,27)(H,25,26). The first-order valence-electron chi connectivity index (χ1n) is 9.51. The van der Waals surface area contributed by atoms with Gasteiger partial charge in [0.2, 0.25) is 5.91 Å². The third kappa shape index (κ3) is 7.31. The summed E-state index contributed by atoms with van der Waals surface area (Å²) in [5, 5.41) is 8.73. The lowest BCUT2D eigenvalue weighted by atomic mass is 10.2. The van der Waals surface area contributed by atoms with Crippen LogP contribution in [0.5, 0.6) is 5.75 Å². The minimum absolute atomic E-state index is 0.0761. The van der Waals surface area contributed by atoms with Crippen molar-refractivity contribution < 1.29 is 14.3 Å². The van der Waals surface area contributed by atoms with Crippen molar-refractivity contribution in [3.63, 3.8) is 0 Å². The second-order valence-electron chi connectivity index (χ2n) is 7.34. The van der Waals surface area contributed by atoms with Gasteiger partial charge >= 0.3 is 0 Å². The van der Waals surface area contributed by atoms with Crippen molar-refractivity contribution in [2.24, 2.45) is 5.92 Å². The van der Waals surface area contributed by atoms with Gasteiger partial charge in [-0.05, 0) is 56.2 Å². The topological polar surface area (TPSA) is 79.5 Å². The van der Waals surface area contributed by atoms with Gasteiger partial charge in [-0.2, -0.15) is 0 Å². The monoisotopic (exact) mass is 383 g/mol. The fourth-order valence-electron chi connectivity index (χ4n) is 2.40. The summed E-state index contributed by atoms with van der Waals surface area (Å²) in [5.41, 5.74) is 2.02. The molecule has 0 saturated carbocycles.